The standard InChI is InChI=1S/C23H34O4/c1-22-8-6-18-17-7-9-23(25,26)11-14(17)2-3-19(18)21(22)5-4-20(22)15-10-16(12-24)27-13-15/h10,13-14,17-21,24-26H,2-9,11-12H2,1H3/t14-,17?,18?,19?,20-,21?,22-/m1/s1. The van der Waals surface area contributed by atoms with Crippen LogP contribution in [0.2, 0.25) is 0 Å². The van der Waals surface area contributed by atoms with Crippen LogP contribution in [0.5, 0.6) is 0 Å². The quantitative estimate of drug-likeness (QED) is 0.679. The van der Waals surface area contributed by atoms with Crippen LogP contribution in [0, 0.1) is 35.0 Å². The monoisotopic (exact) mass is 374 g/mol. The maximum Gasteiger partial charge on any atom is 0.162 e. The summed E-state index contributed by atoms with van der Waals surface area (Å²) in [5, 5.41) is 29.6. The Morgan fingerprint density at radius 3 is 2.59 bits per heavy atom. The Balaban J connectivity index is 1.37. The molecule has 4 saturated carbocycles. The minimum Gasteiger partial charge on any atom is -0.467 e. The Hall–Kier alpha value is -0.840. The summed E-state index contributed by atoms with van der Waals surface area (Å²) < 4.78 is 5.55. The van der Waals surface area contributed by atoms with Gasteiger partial charge in [0, 0.05) is 12.8 Å². The van der Waals surface area contributed by atoms with Crippen molar-refractivity contribution in [1.29, 1.82) is 0 Å². The fraction of sp³-hybridized carbons (Fsp3) is 0.826. The zero-order valence-electron chi connectivity index (χ0n) is 16.4. The smallest absolute Gasteiger partial charge is 0.162 e. The van der Waals surface area contributed by atoms with E-state index in [1.807, 2.05) is 6.26 Å². The molecule has 4 fully saturated rings. The van der Waals surface area contributed by atoms with Crippen LogP contribution in [0.4, 0.5) is 0 Å². The molecule has 150 valence electrons. The van der Waals surface area contributed by atoms with Gasteiger partial charge in [0.05, 0.1) is 6.26 Å². The minimum absolute atomic E-state index is 0.0160. The molecule has 4 aliphatic carbocycles. The van der Waals surface area contributed by atoms with E-state index >= 15 is 0 Å². The van der Waals surface area contributed by atoms with Crippen molar-refractivity contribution in [2.45, 2.75) is 83.0 Å². The van der Waals surface area contributed by atoms with Crippen LogP contribution in [0.15, 0.2) is 16.7 Å². The van der Waals surface area contributed by atoms with Gasteiger partial charge in [0.15, 0.2) is 5.79 Å². The van der Waals surface area contributed by atoms with E-state index in [9.17, 15) is 15.3 Å². The molecule has 1 aromatic heterocycles. The normalized spacial score (nSPS) is 45.8. The van der Waals surface area contributed by atoms with Gasteiger partial charge in [-0.3, -0.25) is 0 Å². The summed E-state index contributed by atoms with van der Waals surface area (Å²) in [5.41, 5.74) is 1.64. The lowest BCUT2D eigenvalue weighted by Gasteiger charge is -2.56. The van der Waals surface area contributed by atoms with Crippen LogP contribution in [0.1, 0.15) is 82.0 Å². The largest absolute Gasteiger partial charge is 0.467 e. The van der Waals surface area contributed by atoms with Crippen molar-refractivity contribution in [3.8, 4) is 0 Å². The zero-order valence-corrected chi connectivity index (χ0v) is 16.4. The fourth-order valence-electron chi connectivity index (χ4n) is 8.07. The van der Waals surface area contributed by atoms with E-state index in [1.54, 1.807) is 0 Å². The van der Waals surface area contributed by atoms with Gasteiger partial charge in [-0.05, 0) is 97.5 Å². The van der Waals surface area contributed by atoms with Gasteiger partial charge in [-0.1, -0.05) is 6.92 Å². The molecule has 4 heteroatoms. The third-order valence-electron chi connectivity index (χ3n) is 9.22. The van der Waals surface area contributed by atoms with Crippen molar-refractivity contribution in [3.63, 3.8) is 0 Å². The number of rotatable bonds is 2. The van der Waals surface area contributed by atoms with E-state index in [0.29, 0.717) is 41.8 Å². The molecule has 0 amide bonds. The Morgan fingerprint density at radius 2 is 1.81 bits per heavy atom. The molecule has 1 heterocycles. The van der Waals surface area contributed by atoms with E-state index in [-0.39, 0.29) is 6.61 Å². The third kappa shape index (κ3) is 2.82. The molecular formula is C23H34O4. The SMILES string of the molecule is C[C@]12CCC3C(CC[C@@H]4CC(O)(O)CCC34)C1CC[C@@H]2c1coc(CO)c1. The van der Waals surface area contributed by atoms with Gasteiger partial charge in [0.25, 0.3) is 0 Å². The molecule has 0 saturated heterocycles. The van der Waals surface area contributed by atoms with Gasteiger partial charge in [0.2, 0.25) is 0 Å². The van der Waals surface area contributed by atoms with Crippen LogP contribution < -0.4 is 0 Å². The first kappa shape index (κ1) is 18.2. The third-order valence-corrected chi connectivity index (χ3v) is 9.22. The van der Waals surface area contributed by atoms with E-state index in [4.69, 9.17) is 4.42 Å². The first-order valence-corrected chi connectivity index (χ1v) is 11.0. The first-order chi connectivity index (χ1) is 12.9. The van der Waals surface area contributed by atoms with Crippen molar-refractivity contribution in [2.75, 3.05) is 0 Å². The van der Waals surface area contributed by atoms with Crippen LogP contribution in [0.3, 0.4) is 0 Å². The number of aliphatic hydroxyl groups is 3. The van der Waals surface area contributed by atoms with Gasteiger partial charge >= 0.3 is 0 Å². The average Bonchev–Trinajstić information content (AvgIpc) is 3.23. The summed E-state index contributed by atoms with van der Waals surface area (Å²) in [5.74, 6) is 3.42. The molecule has 27 heavy (non-hydrogen) atoms. The number of furan rings is 1. The second-order valence-electron chi connectivity index (χ2n) is 10.3. The lowest BCUT2D eigenvalue weighted by molar-refractivity contribution is -0.213. The maximum absolute atomic E-state index is 10.1. The summed E-state index contributed by atoms with van der Waals surface area (Å²) in [4.78, 5) is 0. The van der Waals surface area contributed by atoms with Crippen molar-refractivity contribution in [2.24, 2.45) is 35.0 Å². The molecule has 1 aromatic rings. The maximum atomic E-state index is 10.1. The van der Waals surface area contributed by atoms with Crippen LogP contribution in [-0.4, -0.2) is 21.1 Å². The van der Waals surface area contributed by atoms with Crippen molar-refractivity contribution < 1.29 is 19.7 Å². The molecule has 3 N–H and O–H groups in total. The molecule has 7 atom stereocenters. The second-order valence-corrected chi connectivity index (χ2v) is 10.3. The molecule has 0 aliphatic heterocycles. The van der Waals surface area contributed by atoms with E-state index in [2.05, 4.69) is 13.0 Å². The summed E-state index contributed by atoms with van der Waals surface area (Å²) >= 11 is 0. The predicted octanol–water partition coefficient (Wildman–Crippen LogP) is 4.19. The van der Waals surface area contributed by atoms with Crippen molar-refractivity contribution in [1.82, 2.24) is 0 Å². The first-order valence-electron chi connectivity index (χ1n) is 11.0. The van der Waals surface area contributed by atoms with Gasteiger partial charge in [0.1, 0.15) is 12.4 Å². The molecule has 0 bridgehead atoms. The molecular weight excluding hydrogens is 340 g/mol. The van der Waals surface area contributed by atoms with Crippen LogP contribution in [-0.2, 0) is 6.61 Å². The molecule has 4 aliphatic rings. The molecule has 0 spiro atoms. The molecule has 4 nitrogen and oxygen atoms in total. The number of aliphatic hydroxyl groups excluding tert-OH is 1. The van der Waals surface area contributed by atoms with Gasteiger partial charge < -0.3 is 19.7 Å². The molecule has 0 radical (unpaired) electrons. The Morgan fingerprint density at radius 1 is 1.00 bits per heavy atom. The second kappa shape index (κ2) is 6.33. The summed E-state index contributed by atoms with van der Waals surface area (Å²) in [6.45, 7) is 2.49. The van der Waals surface area contributed by atoms with Gasteiger partial charge in [-0.25, -0.2) is 0 Å². The number of hydrogen-bond acceptors (Lipinski definition) is 4. The average molecular weight is 375 g/mol. The Kier molecular flexibility index (Phi) is 4.27. The molecule has 0 aromatic carbocycles. The lowest BCUT2D eigenvalue weighted by atomic mass is 9.49. The van der Waals surface area contributed by atoms with E-state index in [0.717, 1.165) is 24.2 Å². The highest BCUT2D eigenvalue weighted by Crippen LogP contribution is 2.66. The molecule has 4 unspecified atom stereocenters. The topological polar surface area (TPSA) is 73.8 Å². The highest BCUT2D eigenvalue weighted by Gasteiger charge is 2.58. The minimum atomic E-state index is -1.42. The zero-order chi connectivity index (χ0) is 18.8. The summed E-state index contributed by atoms with van der Waals surface area (Å²) in [6, 6.07) is 2.07. The Labute approximate surface area is 162 Å². The predicted molar refractivity (Wildman–Crippen MR) is 102 cm³/mol. The fourth-order valence-corrected chi connectivity index (χ4v) is 8.07. The highest BCUT2D eigenvalue weighted by molar-refractivity contribution is 5.24. The van der Waals surface area contributed by atoms with Crippen LogP contribution >= 0.6 is 0 Å². The number of hydrogen-bond donors (Lipinski definition) is 3. The van der Waals surface area contributed by atoms with Gasteiger partial charge in [-0.2, -0.15) is 0 Å². The number of fused-ring (bicyclic) bond motifs is 5. The summed E-state index contributed by atoms with van der Waals surface area (Å²) in [6.07, 6.45) is 11.6. The molecule has 5 rings (SSSR count). The van der Waals surface area contributed by atoms with E-state index in [1.165, 1.54) is 44.1 Å². The highest BCUT2D eigenvalue weighted by atomic mass is 16.5. The van der Waals surface area contributed by atoms with Crippen molar-refractivity contribution in [3.05, 3.63) is 23.7 Å². The van der Waals surface area contributed by atoms with Gasteiger partial charge in [-0.15, -0.1) is 0 Å². The van der Waals surface area contributed by atoms with E-state index < -0.39 is 5.79 Å². The Bertz CT molecular complexity index is 694. The van der Waals surface area contributed by atoms with Crippen molar-refractivity contribution >= 4 is 0 Å². The van der Waals surface area contributed by atoms with Crippen LogP contribution in [0.25, 0.3) is 0 Å². The lowest BCUT2D eigenvalue weighted by Crippen LogP contribution is -2.50. The summed E-state index contributed by atoms with van der Waals surface area (Å²) in [7, 11) is 0.